The SMILES string of the molecule is COc1cc(OC)c(C2C(C(=O)O)NC(=O)C2C(=O)O)c(OC)c1. The van der Waals surface area contributed by atoms with E-state index in [4.69, 9.17) is 14.2 Å². The lowest BCUT2D eigenvalue weighted by Gasteiger charge is -2.23. The second-order valence-corrected chi connectivity index (χ2v) is 5.11. The fourth-order valence-electron chi connectivity index (χ4n) is 2.86. The van der Waals surface area contributed by atoms with Gasteiger partial charge in [0.05, 0.1) is 21.3 Å². The molecular formula is C15H17NO8. The molecule has 1 aliphatic rings. The molecule has 3 N–H and O–H groups in total. The van der Waals surface area contributed by atoms with Gasteiger partial charge in [-0.25, -0.2) is 4.79 Å². The Hall–Kier alpha value is -2.97. The van der Waals surface area contributed by atoms with Crippen LogP contribution in [0.3, 0.4) is 0 Å². The minimum absolute atomic E-state index is 0.171. The Bertz CT molecular complexity index is 661. The molecule has 0 saturated carbocycles. The smallest absolute Gasteiger partial charge is 0.326 e. The minimum Gasteiger partial charge on any atom is -0.496 e. The van der Waals surface area contributed by atoms with Gasteiger partial charge in [0, 0.05) is 23.6 Å². The third kappa shape index (κ3) is 2.80. The fraction of sp³-hybridized carbons (Fsp3) is 0.400. The highest BCUT2D eigenvalue weighted by atomic mass is 16.5. The van der Waals surface area contributed by atoms with Gasteiger partial charge in [-0.3, -0.25) is 9.59 Å². The van der Waals surface area contributed by atoms with Crippen LogP contribution in [0.5, 0.6) is 17.2 Å². The molecule has 0 bridgehead atoms. The Kier molecular flexibility index (Phi) is 4.82. The van der Waals surface area contributed by atoms with Crippen LogP contribution in [0.15, 0.2) is 12.1 Å². The van der Waals surface area contributed by atoms with Crippen molar-refractivity contribution < 1.29 is 38.8 Å². The first-order valence-electron chi connectivity index (χ1n) is 6.91. The number of nitrogens with one attached hydrogen (secondary N) is 1. The number of amides is 1. The summed E-state index contributed by atoms with van der Waals surface area (Å²) in [6.07, 6.45) is 0. The Balaban J connectivity index is 2.71. The summed E-state index contributed by atoms with van der Waals surface area (Å²) in [5.74, 6) is -5.72. The van der Waals surface area contributed by atoms with Gasteiger partial charge >= 0.3 is 11.9 Å². The van der Waals surface area contributed by atoms with E-state index in [0.29, 0.717) is 5.75 Å². The topological polar surface area (TPSA) is 131 Å². The van der Waals surface area contributed by atoms with E-state index < -0.39 is 35.7 Å². The van der Waals surface area contributed by atoms with Crippen molar-refractivity contribution in [2.45, 2.75) is 12.0 Å². The zero-order valence-corrected chi connectivity index (χ0v) is 13.2. The van der Waals surface area contributed by atoms with Gasteiger partial charge in [-0.05, 0) is 0 Å². The maximum atomic E-state index is 12.0. The third-order valence-electron chi connectivity index (χ3n) is 3.92. The number of carbonyl (C=O) groups is 3. The zero-order valence-electron chi connectivity index (χ0n) is 13.2. The van der Waals surface area contributed by atoms with E-state index in [2.05, 4.69) is 5.32 Å². The first-order valence-corrected chi connectivity index (χ1v) is 6.91. The van der Waals surface area contributed by atoms with Crippen LogP contribution < -0.4 is 19.5 Å². The van der Waals surface area contributed by atoms with E-state index in [1.54, 1.807) is 0 Å². The van der Waals surface area contributed by atoms with Crippen molar-refractivity contribution in [2.24, 2.45) is 5.92 Å². The molecule has 3 unspecified atom stereocenters. The van der Waals surface area contributed by atoms with Crippen molar-refractivity contribution in [3.63, 3.8) is 0 Å². The van der Waals surface area contributed by atoms with Gasteiger partial charge in [-0.2, -0.15) is 0 Å². The number of hydrogen-bond acceptors (Lipinski definition) is 6. The highest BCUT2D eigenvalue weighted by Gasteiger charge is 2.52. The van der Waals surface area contributed by atoms with Gasteiger partial charge in [0.25, 0.3) is 0 Å². The number of rotatable bonds is 6. The third-order valence-corrected chi connectivity index (χ3v) is 3.92. The van der Waals surface area contributed by atoms with E-state index in [-0.39, 0.29) is 17.1 Å². The molecule has 9 heteroatoms. The number of carboxylic acids is 2. The number of ether oxygens (including phenoxy) is 3. The van der Waals surface area contributed by atoms with Gasteiger partial charge < -0.3 is 29.7 Å². The van der Waals surface area contributed by atoms with Crippen LogP contribution in [-0.4, -0.2) is 55.4 Å². The van der Waals surface area contributed by atoms with Crippen LogP contribution in [-0.2, 0) is 14.4 Å². The van der Waals surface area contributed by atoms with Crippen molar-refractivity contribution in [1.29, 1.82) is 0 Å². The van der Waals surface area contributed by atoms with Crippen molar-refractivity contribution in [1.82, 2.24) is 5.32 Å². The average Bonchev–Trinajstić information content (AvgIpc) is 2.90. The first kappa shape index (κ1) is 17.4. The molecule has 130 valence electrons. The van der Waals surface area contributed by atoms with Gasteiger partial charge in [-0.1, -0.05) is 0 Å². The lowest BCUT2D eigenvalue weighted by molar-refractivity contribution is -0.145. The number of methoxy groups -OCH3 is 3. The molecule has 0 aromatic heterocycles. The van der Waals surface area contributed by atoms with Crippen LogP contribution >= 0.6 is 0 Å². The van der Waals surface area contributed by atoms with Crippen LogP contribution in [0.2, 0.25) is 0 Å². The summed E-state index contributed by atoms with van der Waals surface area (Å²) in [6, 6.07) is 1.52. The maximum absolute atomic E-state index is 12.0. The first-order chi connectivity index (χ1) is 11.3. The molecule has 1 aliphatic heterocycles. The molecule has 0 aliphatic carbocycles. The predicted molar refractivity (Wildman–Crippen MR) is 79.5 cm³/mol. The second kappa shape index (κ2) is 6.65. The Morgan fingerprint density at radius 3 is 1.92 bits per heavy atom. The Morgan fingerprint density at radius 1 is 1.00 bits per heavy atom. The van der Waals surface area contributed by atoms with Crippen LogP contribution in [0.4, 0.5) is 0 Å². The highest BCUT2D eigenvalue weighted by molar-refractivity contribution is 6.03. The molecule has 1 aromatic carbocycles. The predicted octanol–water partition coefficient (Wildman–Crippen LogP) is 0.0798. The number of aliphatic carboxylic acids is 2. The van der Waals surface area contributed by atoms with E-state index in [9.17, 15) is 24.6 Å². The summed E-state index contributed by atoms with van der Waals surface area (Å²) >= 11 is 0. The van der Waals surface area contributed by atoms with Crippen molar-refractivity contribution in [3.8, 4) is 17.2 Å². The quantitative estimate of drug-likeness (QED) is 0.621. The van der Waals surface area contributed by atoms with Gasteiger partial charge in [0.2, 0.25) is 5.91 Å². The van der Waals surface area contributed by atoms with Crippen molar-refractivity contribution in [2.75, 3.05) is 21.3 Å². The number of carbonyl (C=O) groups excluding carboxylic acids is 1. The molecule has 0 radical (unpaired) electrons. The fourth-order valence-corrected chi connectivity index (χ4v) is 2.86. The Morgan fingerprint density at radius 2 is 1.54 bits per heavy atom. The molecule has 1 amide bonds. The summed E-state index contributed by atoms with van der Waals surface area (Å²) in [4.78, 5) is 35.0. The van der Waals surface area contributed by atoms with Crippen molar-refractivity contribution >= 4 is 17.8 Å². The second-order valence-electron chi connectivity index (χ2n) is 5.11. The number of carboxylic acid groups (broad SMARTS) is 2. The molecule has 1 saturated heterocycles. The molecule has 0 spiro atoms. The maximum Gasteiger partial charge on any atom is 0.326 e. The van der Waals surface area contributed by atoms with Crippen LogP contribution in [0.25, 0.3) is 0 Å². The molecular weight excluding hydrogens is 322 g/mol. The largest absolute Gasteiger partial charge is 0.496 e. The molecule has 1 heterocycles. The zero-order chi connectivity index (χ0) is 18.0. The summed E-state index contributed by atoms with van der Waals surface area (Å²) in [5, 5.41) is 21.0. The molecule has 1 fully saturated rings. The van der Waals surface area contributed by atoms with Gasteiger partial charge in [0.1, 0.15) is 29.2 Å². The van der Waals surface area contributed by atoms with Gasteiger partial charge in [0.15, 0.2) is 0 Å². The van der Waals surface area contributed by atoms with Gasteiger partial charge in [-0.15, -0.1) is 0 Å². The number of hydrogen-bond donors (Lipinski definition) is 3. The summed E-state index contributed by atoms with van der Waals surface area (Å²) in [6.45, 7) is 0. The van der Waals surface area contributed by atoms with E-state index >= 15 is 0 Å². The van der Waals surface area contributed by atoms with E-state index in [1.165, 1.54) is 33.5 Å². The summed E-state index contributed by atoms with van der Waals surface area (Å²) in [5.41, 5.74) is 0.180. The van der Waals surface area contributed by atoms with Crippen LogP contribution in [0.1, 0.15) is 11.5 Å². The monoisotopic (exact) mass is 339 g/mol. The minimum atomic E-state index is -1.58. The standard InChI is InChI=1S/C15H17NO8/c1-22-6-4-7(23-2)9(8(5-6)24-3)10-11(14(18)19)13(17)16-12(10)15(20)21/h4-5,10-12H,1-3H3,(H,16,17)(H,18,19)(H,20,21). The molecule has 3 atom stereocenters. The summed E-state index contributed by atoms with van der Waals surface area (Å²) < 4.78 is 15.6. The summed E-state index contributed by atoms with van der Waals surface area (Å²) in [7, 11) is 4.11. The molecule has 1 aromatic rings. The highest BCUT2D eigenvalue weighted by Crippen LogP contribution is 2.45. The van der Waals surface area contributed by atoms with Crippen LogP contribution in [0, 0.1) is 5.92 Å². The Labute approximate surface area is 137 Å². The number of benzene rings is 1. The average molecular weight is 339 g/mol. The van der Waals surface area contributed by atoms with E-state index in [1.807, 2.05) is 0 Å². The van der Waals surface area contributed by atoms with E-state index in [0.717, 1.165) is 0 Å². The molecule has 2 rings (SSSR count). The normalized spacial score (nSPS) is 22.6. The lowest BCUT2D eigenvalue weighted by Crippen LogP contribution is -2.36. The lowest BCUT2D eigenvalue weighted by atomic mass is 9.82. The van der Waals surface area contributed by atoms with Crippen molar-refractivity contribution in [3.05, 3.63) is 17.7 Å². The molecule has 9 nitrogen and oxygen atoms in total. The molecule has 24 heavy (non-hydrogen) atoms.